The summed E-state index contributed by atoms with van der Waals surface area (Å²) in [6.07, 6.45) is 8.99. The summed E-state index contributed by atoms with van der Waals surface area (Å²) in [6.45, 7) is 2.45. The molecule has 1 aliphatic heterocycles. The second-order valence-corrected chi connectivity index (χ2v) is 12.3. The summed E-state index contributed by atoms with van der Waals surface area (Å²) in [5.74, 6) is 2.38. The van der Waals surface area contributed by atoms with Gasteiger partial charge in [-0.05, 0) is 98.2 Å². The first kappa shape index (κ1) is 23.1. The maximum absolute atomic E-state index is 13.4. The van der Waals surface area contributed by atoms with Crippen LogP contribution in [-0.4, -0.2) is 24.2 Å². The van der Waals surface area contributed by atoms with Crippen molar-refractivity contribution in [2.45, 2.75) is 57.2 Å². The van der Waals surface area contributed by atoms with Gasteiger partial charge >= 0.3 is 5.97 Å². The number of halogens is 1. The van der Waals surface area contributed by atoms with Gasteiger partial charge in [0.05, 0.1) is 17.9 Å². The van der Waals surface area contributed by atoms with Crippen molar-refractivity contribution in [3.05, 3.63) is 65.0 Å². The van der Waals surface area contributed by atoms with Crippen LogP contribution in [-0.2, 0) is 9.53 Å². The Balaban J connectivity index is 1.17. The van der Waals surface area contributed by atoms with E-state index in [1.807, 2.05) is 19.1 Å². The lowest BCUT2D eigenvalue weighted by molar-refractivity contribution is -0.115. The second kappa shape index (κ2) is 8.95. The number of thioether (sulfide) groups is 1. The number of aryl methyl sites for hydroxylation is 1. The van der Waals surface area contributed by atoms with Crippen molar-refractivity contribution in [1.29, 1.82) is 0 Å². The molecule has 6 rings (SSSR count). The minimum Gasteiger partial charge on any atom is -0.462 e. The Labute approximate surface area is 210 Å². The average Bonchev–Trinajstić information content (AvgIpc) is 3.32. The predicted molar refractivity (Wildman–Crippen MR) is 136 cm³/mol. The van der Waals surface area contributed by atoms with Crippen molar-refractivity contribution in [3.8, 4) is 0 Å². The van der Waals surface area contributed by atoms with Crippen LogP contribution in [0.2, 0.25) is 0 Å². The summed E-state index contributed by atoms with van der Waals surface area (Å²) in [7, 11) is 0. The fourth-order valence-corrected chi connectivity index (χ4v) is 8.58. The molecule has 35 heavy (non-hydrogen) atoms. The molecule has 3 bridgehead atoms. The standard InChI is InChI=1S/C29H32FNO3S/c1-18-11-22(28(33)34-17-29-10-2-3-21-12-19(14-29)13-23(21)15-29)6-9-25(18)31-26(32)16-35-27(31)20-4-7-24(30)8-5-20/h4-9,11,19,21,23,27H,2-3,10,12-17H2,1H3. The molecule has 3 saturated carbocycles. The number of hydrogen-bond donors (Lipinski definition) is 0. The summed E-state index contributed by atoms with van der Waals surface area (Å²) in [6, 6.07) is 11.8. The van der Waals surface area contributed by atoms with Gasteiger partial charge in [-0.2, -0.15) is 0 Å². The third-order valence-electron chi connectivity index (χ3n) is 8.86. The minimum atomic E-state index is -0.294. The molecule has 0 radical (unpaired) electrons. The van der Waals surface area contributed by atoms with Gasteiger partial charge in [0.25, 0.3) is 0 Å². The molecule has 1 heterocycles. The maximum Gasteiger partial charge on any atom is 0.338 e. The lowest BCUT2D eigenvalue weighted by Gasteiger charge is -2.39. The van der Waals surface area contributed by atoms with E-state index in [-0.39, 0.29) is 28.5 Å². The summed E-state index contributed by atoms with van der Waals surface area (Å²) >= 11 is 1.53. The molecule has 3 aliphatic carbocycles. The fourth-order valence-electron chi connectivity index (χ4n) is 7.41. The van der Waals surface area contributed by atoms with Crippen LogP contribution in [0.5, 0.6) is 0 Å². The Bertz CT molecular complexity index is 1150. The smallest absolute Gasteiger partial charge is 0.338 e. The number of nitrogens with zero attached hydrogens (tertiary/aromatic N) is 1. The number of amides is 1. The van der Waals surface area contributed by atoms with Crippen molar-refractivity contribution >= 4 is 29.3 Å². The zero-order chi connectivity index (χ0) is 24.2. The van der Waals surface area contributed by atoms with Crippen LogP contribution in [0.15, 0.2) is 42.5 Å². The van der Waals surface area contributed by atoms with Crippen LogP contribution in [0.3, 0.4) is 0 Å². The highest BCUT2D eigenvalue weighted by Crippen LogP contribution is 2.58. The van der Waals surface area contributed by atoms with Gasteiger partial charge < -0.3 is 4.74 Å². The largest absolute Gasteiger partial charge is 0.462 e. The molecule has 1 saturated heterocycles. The van der Waals surface area contributed by atoms with Crippen molar-refractivity contribution in [3.63, 3.8) is 0 Å². The first-order chi connectivity index (χ1) is 16.9. The van der Waals surface area contributed by atoms with Crippen molar-refractivity contribution in [1.82, 2.24) is 0 Å². The fraction of sp³-hybridized carbons (Fsp3) is 0.517. The van der Waals surface area contributed by atoms with Crippen LogP contribution in [0.25, 0.3) is 0 Å². The number of rotatable bonds is 5. The SMILES string of the molecule is Cc1cc(C(=O)OCC23CCCC4CC(CC4C2)C3)ccc1N1C(=O)CSC1c1ccc(F)cc1. The van der Waals surface area contributed by atoms with Gasteiger partial charge in [-0.25, -0.2) is 9.18 Å². The summed E-state index contributed by atoms with van der Waals surface area (Å²) in [5.41, 5.74) is 3.23. The first-order valence-corrected chi connectivity index (χ1v) is 13.9. The van der Waals surface area contributed by atoms with E-state index >= 15 is 0 Å². The molecule has 2 aromatic carbocycles. The van der Waals surface area contributed by atoms with E-state index in [2.05, 4.69) is 0 Å². The monoisotopic (exact) mass is 493 g/mol. The van der Waals surface area contributed by atoms with Crippen LogP contribution in [0.1, 0.15) is 71.8 Å². The molecule has 4 nitrogen and oxygen atoms in total. The highest BCUT2D eigenvalue weighted by molar-refractivity contribution is 8.00. The van der Waals surface area contributed by atoms with Gasteiger partial charge in [-0.3, -0.25) is 9.69 Å². The lowest BCUT2D eigenvalue weighted by Crippen LogP contribution is -2.34. The van der Waals surface area contributed by atoms with Crippen molar-refractivity contribution in [2.75, 3.05) is 17.3 Å². The number of ether oxygens (including phenoxy) is 1. The number of anilines is 1. The zero-order valence-corrected chi connectivity index (χ0v) is 21.0. The second-order valence-electron chi connectivity index (χ2n) is 11.2. The van der Waals surface area contributed by atoms with Gasteiger partial charge in [-0.15, -0.1) is 11.8 Å². The molecule has 4 aliphatic rings. The van der Waals surface area contributed by atoms with Gasteiger partial charge in [0.1, 0.15) is 11.2 Å². The summed E-state index contributed by atoms with van der Waals surface area (Å²) in [4.78, 5) is 27.6. The average molecular weight is 494 g/mol. The van der Waals surface area contributed by atoms with Crippen LogP contribution >= 0.6 is 11.8 Å². The zero-order valence-electron chi connectivity index (χ0n) is 20.2. The number of fused-ring (bicyclic) bond motifs is 2. The van der Waals surface area contributed by atoms with Crippen LogP contribution < -0.4 is 4.90 Å². The third-order valence-corrected chi connectivity index (χ3v) is 10.1. The van der Waals surface area contributed by atoms with Crippen LogP contribution in [0.4, 0.5) is 10.1 Å². The molecule has 0 spiro atoms. The molecule has 0 aromatic heterocycles. The number of esters is 1. The van der Waals surface area contributed by atoms with Gasteiger partial charge in [0.2, 0.25) is 5.91 Å². The highest BCUT2D eigenvalue weighted by atomic mass is 32.2. The molecule has 2 aromatic rings. The molecule has 184 valence electrons. The normalized spacial score (nSPS) is 31.6. The molecule has 1 amide bonds. The Morgan fingerprint density at radius 1 is 1.14 bits per heavy atom. The number of benzene rings is 2. The van der Waals surface area contributed by atoms with Gasteiger partial charge in [-0.1, -0.05) is 25.0 Å². The van der Waals surface area contributed by atoms with E-state index in [0.717, 1.165) is 34.6 Å². The molecule has 4 fully saturated rings. The number of carbonyl (C=O) groups excluding carboxylic acids is 2. The van der Waals surface area contributed by atoms with Crippen molar-refractivity contribution < 1.29 is 18.7 Å². The predicted octanol–water partition coefficient (Wildman–Crippen LogP) is 6.68. The summed E-state index contributed by atoms with van der Waals surface area (Å²) < 4.78 is 19.4. The van der Waals surface area contributed by atoms with Gasteiger partial charge in [0, 0.05) is 11.1 Å². The van der Waals surface area contributed by atoms with E-state index in [1.54, 1.807) is 23.1 Å². The quantitative estimate of drug-likeness (QED) is 0.436. The molecular weight excluding hydrogens is 461 g/mol. The topological polar surface area (TPSA) is 46.6 Å². The van der Waals surface area contributed by atoms with E-state index in [9.17, 15) is 14.0 Å². The molecule has 0 N–H and O–H groups in total. The first-order valence-electron chi connectivity index (χ1n) is 12.9. The van der Waals surface area contributed by atoms with Gasteiger partial charge in [0.15, 0.2) is 0 Å². The highest BCUT2D eigenvalue weighted by Gasteiger charge is 2.50. The number of carbonyl (C=O) groups is 2. The molecule has 5 unspecified atom stereocenters. The third kappa shape index (κ3) is 4.28. The van der Waals surface area contributed by atoms with Crippen molar-refractivity contribution in [2.24, 2.45) is 23.2 Å². The van der Waals surface area contributed by atoms with Crippen LogP contribution in [0, 0.1) is 35.9 Å². The molecular formula is C29H32FNO3S. The molecule has 6 heteroatoms. The minimum absolute atomic E-state index is 0.0143. The van der Waals surface area contributed by atoms with E-state index < -0.39 is 0 Å². The van der Waals surface area contributed by atoms with E-state index in [4.69, 9.17) is 4.74 Å². The Morgan fingerprint density at radius 3 is 2.74 bits per heavy atom. The Hall–Kier alpha value is -2.34. The van der Waals surface area contributed by atoms with E-state index in [0.29, 0.717) is 17.9 Å². The maximum atomic E-state index is 13.4. The Kier molecular flexibility index (Phi) is 5.90. The van der Waals surface area contributed by atoms with E-state index in [1.165, 1.54) is 68.8 Å². The lowest BCUT2D eigenvalue weighted by atomic mass is 9.68. The molecule has 5 atom stereocenters. The Morgan fingerprint density at radius 2 is 1.94 bits per heavy atom. The number of hydrogen-bond acceptors (Lipinski definition) is 4. The summed E-state index contributed by atoms with van der Waals surface area (Å²) in [5, 5.41) is -0.209.